The van der Waals surface area contributed by atoms with E-state index in [1.54, 1.807) is 0 Å². The molecule has 4 saturated carbocycles. The summed E-state index contributed by atoms with van der Waals surface area (Å²) in [5, 5.41) is 79.8. The Morgan fingerprint density at radius 3 is 1.99 bits per heavy atom. The first-order valence-electron chi connectivity index (χ1n) is 26.2. The number of carbonyl (C=O) groups is 1. The van der Waals surface area contributed by atoms with E-state index in [1.165, 1.54) is 50.5 Å². The van der Waals surface area contributed by atoms with Crippen LogP contribution in [0.3, 0.4) is 0 Å². The molecule has 0 aromatic carbocycles. The lowest BCUT2D eigenvalue weighted by Gasteiger charge is -2.58. The van der Waals surface area contributed by atoms with Crippen molar-refractivity contribution in [1.82, 2.24) is 5.32 Å². The number of amides is 1. The molecule has 0 bridgehead atoms. The average Bonchev–Trinajstić information content (AvgIpc) is 3.67. The SMILES string of the molecule is CC(C)CCCC(C)C1CCC2C3CC=C4CC(OC(=O)NC[C@@H]5O[C@H](O[C@H]6[C@@H](N=C(N)N)C[C@@H](N=C(N)N)C(OC7O[C@H](CO)[C@@H](O)[C@H](N=C(N)N)[C@H]7O)[C@H]6O)[C@@H](O)[C@H](O)[C@H]5O)CCC4(C)C3CCC12C. The number of ether oxygens (including phenoxy) is 5. The largest absolute Gasteiger partial charge is 0.446 e. The number of allylic oxidation sites excluding steroid dienone is 1. The predicted octanol–water partition coefficient (Wildman–Crippen LogP) is -1.17. The van der Waals surface area contributed by atoms with Crippen molar-refractivity contribution < 1.29 is 64.2 Å². The molecular formula is C49H86N10O13. The number of aliphatic hydroxyl groups excluding tert-OH is 7. The number of aliphatic hydroxyl groups is 7. The van der Waals surface area contributed by atoms with Gasteiger partial charge in [0.15, 0.2) is 30.5 Å². The van der Waals surface area contributed by atoms with Crippen molar-refractivity contribution in [2.24, 2.45) is 95.7 Å². The number of hydrogen-bond donors (Lipinski definition) is 14. The topological polar surface area (TPSA) is 410 Å². The molecule has 23 atom stereocenters. The molecule has 2 aliphatic heterocycles. The summed E-state index contributed by atoms with van der Waals surface area (Å²) in [7, 11) is 0. The Kier molecular flexibility index (Phi) is 18.0. The summed E-state index contributed by atoms with van der Waals surface area (Å²) >= 11 is 0. The van der Waals surface area contributed by atoms with E-state index in [1.807, 2.05) is 0 Å². The van der Waals surface area contributed by atoms with Crippen LogP contribution in [-0.4, -0.2) is 171 Å². The van der Waals surface area contributed by atoms with E-state index < -0.39 is 122 Å². The number of guanidine groups is 3. The highest BCUT2D eigenvalue weighted by molar-refractivity contribution is 5.77. The zero-order valence-electron chi connectivity index (χ0n) is 42.6. The number of nitrogens with two attached hydrogens (primary N) is 6. The molecule has 72 heavy (non-hydrogen) atoms. The normalized spacial score (nSPS) is 44.3. The summed E-state index contributed by atoms with van der Waals surface area (Å²) in [5.74, 6) is 2.91. The van der Waals surface area contributed by atoms with E-state index in [2.05, 4.69) is 61.0 Å². The molecular weight excluding hydrogens is 937 g/mol. The van der Waals surface area contributed by atoms with E-state index in [0.29, 0.717) is 30.1 Å². The molecule has 0 spiro atoms. The Balaban J connectivity index is 0.984. The van der Waals surface area contributed by atoms with Gasteiger partial charge in [-0.15, -0.1) is 0 Å². The molecule has 0 aromatic heterocycles. The zero-order chi connectivity index (χ0) is 52.6. The molecule has 2 heterocycles. The van der Waals surface area contributed by atoms with Gasteiger partial charge in [-0.05, 0) is 97.7 Å². The Morgan fingerprint density at radius 2 is 1.38 bits per heavy atom. The fourth-order valence-electron chi connectivity index (χ4n) is 14.3. The Morgan fingerprint density at radius 1 is 0.750 bits per heavy atom. The number of nitrogens with one attached hydrogen (secondary N) is 1. The summed E-state index contributed by atoms with van der Waals surface area (Å²) in [5.41, 5.74) is 36.0. The maximum Gasteiger partial charge on any atom is 0.407 e. The highest BCUT2D eigenvalue weighted by Crippen LogP contribution is 2.67. The number of rotatable bonds is 16. The Bertz CT molecular complexity index is 1970. The monoisotopic (exact) mass is 1020 g/mol. The van der Waals surface area contributed by atoms with Gasteiger partial charge in [0.05, 0.1) is 18.7 Å². The molecule has 7 rings (SSSR count). The maximum atomic E-state index is 13.4. The van der Waals surface area contributed by atoms with Gasteiger partial charge in [-0.3, -0.25) is 0 Å². The van der Waals surface area contributed by atoms with E-state index in [0.717, 1.165) is 36.5 Å². The van der Waals surface area contributed by atoms with E-state index in [4.69, 9.17) is 58.1 Å². The fraction of sp³-hybridized carbons (Fsp3) is 0.878. The fourth-order valence-corrected chi connectivity index (χ4v) is 14.3. The van der Waals surface area contributed by atoms with Crippen LogP contribution in [0.15, 0.2) is 26.6 Å². The lowest BCUT2D eigenvalue weighted by molar-refractivity contribution is -0.332. The lowest BCUT2D eigenvalue weighted by Crippen LogP contribution is -2.65. The molecule has 1 amide bonds. The summed E-state index contributed by atoms with van der Waals surface area (Å²) in [6.07, 6.45) is -6.41. The molecule has 0 radical (unpaired) electrons. The molecule has 7 aliphatic rings. The molecule has 6 fully saturated rings. The number of alkyl carbamates (subject to hydrolysis) is 1. The van der Waals surface area contributed by atoms with Gasteiger partial charge in [-0.25, -0.2) is 19.8 Å². The molecule has 0 aromatic rings. The minimum atomic E-state index is -1.91. The van der Waals surface area contributed by atoms with Crippen molar-refractivity contribution >= 4 is 24.0 Å². The van der Waals surface area contributed by atoms with E-state index >= 15 is 0 Å². The van der Waals surface area contributed by atoms with Gasteiger partial charge in [-0.2, -0.15) is 0 Å². The van der Waals surface area contributed by atoms with Crippen molar-refractivity contribution in [2.75, 3.05) is 13.2 Å². The van der Waals surface area contributed by atoms with Gasteiger partial charge in [0.2, 0.25) is 0 Å². The molecule has 5 aliphatic carbocycles. The summed E-state index contributed by atoms with van der Waals surface area (Å²) in [4.78, 5) is 25.7. The van der Waals surface area contributed by atoms with Crippen LogP contribution in [0.4, 0.5) is 4.79 Å². The molecule has 23 nitrogen and oxygen atoms in total. The maximum absolute atomic E-state index is 13.4. The smallest absolute Gasteiger partial charge is 0.407 e. The van der Waals surface area contributed by atoms with Crippen LogP contribution in [0, 0.1) is 46.3 Å². The van der Waals surface area contributed by atoms with Crippen LogP contribution in [0.2, 0.25) is 0 Å². The third-order valence-electron chi connectivity index (χ3n) is 17.9. The van der Waals surface area contributed by atoms with Gasteiger partial charge < -0.3 is 99.1 Å². The lowest BCUT2D eigenvalue weighted by atomic mass is 9.47. The number of nitrogens with zero attached hydrogens (tertiary/aromatic N) is 3. The number of carbonyl (C=O) groups excluding carboxylic acids is 1. The molecule has 20 N–H and O–H groups in total. The average molecular weight is 1020 g/mol. The minimum absolute atomic E-state index is 0.0484. The quantitative estimate of drug-likeness (QED) is 0.0492. The van der Waals surface area contributed by atoms with E-state index in [9.17, 15) is 40.5 Å². The summed E-state index contributed by atoms with van der Waals surface area (Å²) < 4.78 is 29.9. The second kappa shape index (κ2) is 23.1. The van der Waals surface area contributed by atoms with Crippen LogP contribution in [0.25, 0.3) is 0 Å². The van der Waals surface area contributed by atoms with Gasteiger partial charge in [0.25, 0.3) is 0 Å². The minimum Gasteiger partial charge on any atom is -0.446 e. The second-order valence-electron chi connectivity index (χ2n) is 22.9. The highest BCUT2D eigenvalue weighted by Gasteiger charge is 2.60. The summed E-state index contributed by atoms with van der Waals surface area (Å²) in [6, 6.07) is -3.77. The van der Waals surface area contributed by atoms with Gasteiger partial charge in [0.1, 0.15) is 73.2 Å². The third kappa shape index (κ3) is 11.8. The molecule has 10 unspecified atom stereocenters. The number of hydrogen-bond acceptors (Lipinski definition) is 16. The third-order valence-corrected chi connectivity index (χ3v) is 17.9. The Labute approximate surface area is 422 Å². The first kappa shape index (κ1) is 56.1. The van der Waals surface area contributed by atoms with Crippen molar-refractivity contribution in [2.45, 2.75) is 210 Å². The zero-order valence-corrected chi connectivity index (χ0v) is 42.6. The van der Waals surface area contributed by atoms with Gasteiger partial charge >= 0.3 is 6.09 Å². The van der Waals surface area contributed by atoms with Crippen molar-refractivity contribution in [3.05, 3.63) is 11.6 Å². The van der Waals surface area contributed by atoms with Crippen molar-refractivity contribution in [3.63, 3.8) is 0 Å². The molecule has 2 saturated heterocycles. The predicted molar refractivity (Wildman–Crippen MR) is 265 cm³/mol. The van der Waals surface area contributed by atoms with Gasteiger partial charge in [0, 0.05) is 13.0 Å². The van der Waals surface area contributed by atoms with Crippen molar-refractivity contribution in [3.8, 4) is 0 Å². The standard InChI is InChI=1S/C49H86N10O13/c1-21(2)7-6-8-22(3)26-11-12-27-25-10-9-23-17-24(13-15-48(23,4)28(25)14-16-49(26,27)5)68-47(67)56-19-31-35(62)37(64)38(65)43(69-31)72-41-30(58-45(52)53)18-29(57-44(50)51)40(39(41)66)71-42-36(63)33(59-46(54)55)34(61)32(20-60)70-42/h9,21-22,24-43,60-66H,6-8,10-20H2,1-5H3,(H,56,67)(H4,50,51,57)(H4,52,53,58)(H4,54,55,59)/t22?,24?,25?,26?,27?,28?,29-,30+,31+,32-,33+,34-,35+,36-,37-,38+,39-,40?,41+,42?,43-,48?,49?/m1/s1. The van der Waals surface area contributed by atoms with Crippen LogP contribution < -0.4 is 39.7 Å². The Hall–Kier alpha value is -3.62. The number of aliphatic imine (C=N–C) groups is 3. The van der Waals surface area contributed by atoms with Crippen LogP contribution >= 0.6 is 0 Å². The first-order valence-corrected chi connectivity index (χ1v) is 26.2. The van der Waals surface area contributed by atoms with Crippen LogP contribution in [0.5, 0.6) is 0 Å². The summed E-state index contributed by atoms with van der Waals surface area (Å²) in [6.45, 7) is 11.0. The number of fused-ring (bicyclic) bond motifs is 5. The van der Waals surface area contributed by atoms with Crippen molar-refractivity contribution in [1.29, 1.82) is 0 Å². The van der Waals surface area contributed by atoms with Gasteiger partial charge in [-0.1, -0.05) is 65.5 Å². The second-order valence-corrected chi connectivity index (χ2v) is 22.9. The van der Waals surface area contributed by atoms with E-state index in [-0.39, 0.29) is 24.5 Å². The first-order chi connectivity index (χ1) is 34.0. The highest BCUT2D eigenvalue weighted by atomic mass is 16.7. The molecule has 410 valence electrons. The van der Waals surface area contributed by atoms with Crippen LogP contribution in [0.1, 0.15) is 112 Å². The molecule has 23 heteroatoms. The van der Waals surface area contributed by atoms with Crippen LogP contribution in [-0.2, 0) is 23.7 Å².